The van der Waals surface area contributed by atoms with Crippen molar-refractivity contribution in [3.8, 4) is 0 Å². The average Bonchev–Trinajstić information content (AvgIpc) is 2.63. The molecule has 1 aliphatic heterocycles. The second-order valence-electron chi connectivity index (χ2n) is 5.87. The molecule has 0 spiro atoms. The van der Waals surface area contributed by atoms with E-state index in [1.807, 2.05) is 0 Å². The molecule has 112 valence electrons. The molecule has 20 heavy (non-hydrogen) atoms. The molecule has 2 atom stereocenters. The summed E-state index contributed by atoms with van der Waals surface area (Å²) in [4.78, 5) is 2.61. The van der Waals surface area contributed by atoms with Crippen LogP contribution in [0.1, 0.15) is 58.1 Å². The average molecular weight is 339 g/mol. The summed E-state index contributed by atoms with van der Waals surface area (Å²) in [6.45, 7) is 8.99. The Morgan fingerprint density at radius 1 is 1.35 bits per heavy atom. The molecule has 0 amide bonds. The molecule has 1 aromatic carbocycles. The molecule has 2 rings (SSSR count). The van der Waals surface area contributed by atoms with Crippen molar-refractivity contribution in [2.24, 2.45) is 0 Å². The maximum Gasteiger partial charge on any atom is 0.0428 e. The standard InChI is InChI=1S/C17H27BrN2/c1-4-19-14(3)16-10-9-15(18)12-17(16)20-11-7-5-6-8-13(20)2/h9-10,12-14,19H,4-8,11H2,1-3H3. The fourth-order valence-corrected chi connectivity index (χ4v) is 3.53. The molecule has 2 unspecified atom stereocenters. The van der Waals surface area contributed by atoms with Crippen LogP contribution in [0.5, 0.6) is 0 Å². The molecular weight excluding hydrogens is 312 g/mol. The number of hydrogen-bond donors (Lipinski definition) is 1. The van der Waals surface area contributed by atoms with E-state index in [0.29, 0.717) is 12.1 Å². The van der Waals surface area contributed by atoms with E-state index in [4.69, 9.17) is 0 Å². The van der Waals surface area contributed by atoms with Crippen LogP contribution < -0.4 is 10.2 Å². The lowest BCUT2D eigenvalue weighted by atomic mass is 10.0. The van der Waals surface area contributed by atoms with Crippen LogP contribution in [-0.2, 0) is 0 Å². The first-order valence-electron chi connectivity index (χ1n) is 7.93. The van der Waals surface area contributed by atoms with Crippen molar-refractivity contribution in [2.45, 2.75) is 58.5 Å². The second kappa shape index (κ2) is 7.46. The number of anilines is 1. The summed E-state index contributed by atoms with van der Waals surface area (Å²) in [5.41, 5.74) is 2.83. The maximum absolute atomic E-state index is 3.64. The van der Waals surface area contributed by atoms with Crippen LogP contribution in [0.4, 0.5) is 5.69 Å². The van der Waals surface area contributed by atoms with Crippen LogP contribution in [0, 0.1) is 0 Å². The number of hydrogen-bond acceptors (Lipinski definition) is 2. The Morgan fingerprint density at radius 3 is 2.90 bits per heavy atom. The molecule has 1 saturated heterocycles. The lowest BCUT2D eigenvalue weighted by molar-refractivity contribution is 0.582. The van der Waals surface area contributed by atoms with E-state index >= 15 is 0 Å². The van der Waals surface area contributed by atoms with Crippen molar-refractivity contribution in [3.63, 3.8) is 0 Å². The normalized spacial score (nSPS) is 21.6. The predicted molar refractivity (Wildman–Crippen MR) is 91.5 cm³/mol. The SMILES string of the molecule is CCNC(C)c1ccc(Br)cc1N1CCCCCC1C. The van der Waals surface area contributed by atoms with E-state index in [0.717, 1.165) is 6.54 Å². The summed E-state index contributed by atoms with van der Waals surface area (Å²) in [6.07, 6.45) is 5.35. The van der Waals surface area contributed by atoms with Crippen molar-refractivity contribution in [3.05, 3.63) is 28.2 Å². The van der Waals surface area contributed by atoms with Crippen LogP contribution in [0.2, 0.25) is 0 Å². The van der Waals surface area contributed by atoms with Crippen molar-refractivity contribution >= 4 is 21.6 Å². The van der Waals surface area contributed by atoms with Crippen molar-refractivity contribution < 1.29 is 0 Å². The Bertz CT molecular complexity index is 433. The molecule has 1 N–H and O–H groups in total. The van der Waals surface area contributed by atoms with Gasteiger partial charge in [0.05, 0.1) is 0 Å². The highest BCUT2D eigenvalue weighted by Crippen LogP contribution is 2.33. The zero-order valence-corrected chi connectivity index (χ0v) is 14.5. The van der Waals surface area contributed by atoms with Gasteiger partial charge in [-0.2, -0.15) is 0 Å². The molecule has 2 nitrogen and oxygen atoms in total. The van der Waals surface area contributed by atoms with Gasteiger partial charge in [-0.1, -0.05) is 41.8 Å². The van der Waals surface area contributed by atoms with E-state index in [1.54, 1.807) is 0 Å². The van der Waals surface area contributed by atoms with Crippen LogP contribution in [0.3, 0.4) is 0 Å². The molecule has 0 radical (unpaired) electrons. The first-order chi connectivity index (χ1) is 9.63. The van der Waals surface area contributed by atoms with Crippen molar-refractivity contribution in [1.29, 1.82) is 0 Å². The van der Waals surface area contributed by atoms with Gasteiger partial charge in [-0.3, -0.25) is 0 Å². The van der Waals surface area contributed by atoms with Gasteiger partial charge in [-0.15, -0.1) is 0 Å². The lowest BCUT2D eigenvalue weighted by Gasteiger charge is -2.33. The lowest BCUT2D eigenvalue weighted by Crippen LogP contribution is -2.34. The number of halogens is 1. The molecule has 3 heteroatoms. The molecule has 1 heterocycles. The number of benzene rings is 1. The number of nitrogens with zero attached hydrogens (tertiary/aromatic N) is 1. The van der Waals surface area contributed by atoms with E-state index in [2.05, 4.69) is 65.1 Å². The van der Waals surface area contributed by atoms with E-state index in [1.165, 1.54) is 48.0 Å². The van der Waals surface area contributed by atoms with E-state index in [9.17, 15) is 0 Å². The monoisotopic (exact) mass is 338 g/mol. The molecule has 0 aromatic heterocycles. The quantitative estimate of drug-likeness (QED) is 0.840. The fraction of sp³-hybridized carbons (Fsp3) is 0.647. The second-order valence-corrected chi connectivity index (χ2v) is 6.79. The van der Waals surface area contributed by atoms with Crippen molar-refractivity contribution in [2.75, 3.05) is 18.0 Å². The summed E-state index contributed by atoms with van der Waals surface area (Å²) < 4.78 is 1.18. The van der Waals surface area contributed by atoms with Gasteiger partial charge in [-0.25, -0.2) is 0 Å². The Hall–Kier alpha value is -0.540. The molecule has 0 bridgehead atoms. The van der Waals surface area contributed by atoms with Crippen LogP contribution in [0.15, 0.2) is 22.7 Å². The van der Waals surface area contributed by atoms with Crippen LogP contribution in [0.25, 0.3) is 0 Å². The highest BCUT2D eigenvalue weighted by molar-refractivity contribution is 9.10. The molecule has 0 aliphatic carbocycles. The minimum atomic E-state index is 0.401. The van der Waals surface area contributed by atoms with Gasteiger partial charge in [0.2, 0.25) is 0 Å². The van der Waals surface area contributed by atoms with E-state index < -0.39 is 0 Å². The van der Waals surface area contributed by atoms with Gasteiger partial charge in [0.15, 0.2) is 0 Å². The topological polar surface area (TPSA) is 15.3 Å². The fourth-order valence-electron chi connectivity index (χ4n) is 3.18. The molecule has 1 fully saturated rings. The van der Waals surface area contributed by atoms with Crippen LogP contribution in [-0.4, -0.2) is 19.1 Å². The Morgan fingerprint density at radius 2 is 2.15 bits per heavy atom. The summed E-state index contributed by atoms with van der Waals surface area (Å²) in [5.74, 6) is 0. The summed E-state index contributed by atoms with van der Waals surface area (Å²) in [5, 5.41) is 3.55. The van der Waals surface area contributed by atoms with Gasteiger partial charge < -0.3 is 10.2 Å². The summed E-state index contributed by atoms with van der Waals surface area (Å²) in [6, 6.07) is 7.77. The molecule has 0 saturated carbocycles. The molecular formula is C17H27BrN2. The molecule has 1 aliphatic rings. The Balaban J connectivity index is 2.34. The molecule has 1 aromatic rings. The van der Waals surface area contributed by atoms with Crippen LogP contribution >= 0.6 is 15.9 Å². The third-order valence-corrected chi connectivity index (χ3v) is 4.82. The Kier molecular flexibility index (Phi) is 5.91. The predicted octanol–water partition coefficient (Wildman–Crippen LogP) is 4.89. The van der Waals surface area contributed by atoms with E-state index in [-0.39, 0.29) is 0 Å². The Labute approximate surface area is 132 Å². The van der Waals surface area contributed by atoms with Crippen molar-refractivity contribution in [1.82, 2.24) is 5.32 Å². The number of rotatable bonds is 4. The van der Waals surface area contributed by atoms with Gasteiger partial charge in [0, 0.05) is 28.8 Å². The first-order valence-corrected chi connectivity index (χ1v) is 8.72. The third kappa shape index (κ3) is 3.76. The third-order valence-electron chi connectivity index (χ3n) is 4.33. The van der Waals surface area contributed by atoms with Gasteiger partial charge in [0.25, 0.3) is 0 Å². The van der Waals surface area contributed by atoms with Gasteiger partial charge in [0.1, 0.15) is 0 Å². The smallest absolute Gasteiger partial charge is 0.0428 e. The summed E-state index contributed by atoms with van der Waals surface area (Å²) in [7, 11) is 0. The summed E-state index contributed by atoms with van der Waals surface area (Å²) >= 11 is 3.64. The zero-order valence-electron chi connectivity index (χ0n) is 13.0. The van der Waals surface area contributed by atoms with Gasteiger partial charge in [-0.05, 0) is 50.9 Å². The largest absolute Gasteiger partial charge is 0.369 e. The maximum atomic E-state index is 3.64. The minimum absolute atomic E-state index is 0.401. The zero-order chi connectivity index (χ0) is 14.5. The minimum Gasteiger partial charge on any atom is -0.369 e. The highest BCUT2D eigenvalue weighted by Gasteiger charge is 2.21. The first kappa shape index (κ1) is 15.8. The van der Waals surface area contributed by atoms with Gasteiger partial charge >= 0.3 is 0 Å². The highest BCUT2D eigenvalue weighted by atomic mass is 79.9. The number of nitrogens with one attached hydrogen (secondary N) is 1.